The average Bonchev–Trinajstić information content (AvgIpc) is 2.42. The van der Waals surface area contributed by atoms with Crippen molar-refractivity contribution in [3.8, 4) is 11.8 Å². The minimum atomic E-state index is -0.565. The van der Waals surface area contributed by atoms with Crippen LogP contribution in [0.4, 0.5) is 0 Å². The number of hydrogen-bond acceptors (Lipinski definition) is 4. The molecule has 0 aliphatic carbocycles. The van der Waals surface area contributed by atoms with Crippen LogP contribution in [0.3, 0.4) is 0 Å². The van der Waals surface area contributed by atoms with Crippen LogP contribution in [0.25, 0.3) is 0 Å². The second kappa shape index (κ2) is 17.8. The first-order valence-electron chi connectivity index (χ1n) is 8.17. The fraction of sp³-hybridized carbons (Fsp3) is 0.909. The SMILES string of the molecule is C.C.C.C.CC(C)CC(C)(C#CC(C)(COCCO)C(C)C)OCCO. The van der Waals surface area contributed by atoms with Gasteiger partial charge in [-0.25, -0.2) is 0 Å². The van der Waals surface area contributed by atoms with E-state index in [1.807, 2.05) is 6.92 Å². The Kier molecular flexibility index (Phi) is 24.9. The number of aliphatic hydroxyl groups excluding tert-OH is 2. The molecule has 0 heterocycles. The molecule has 26 heavy (non-hydrogen) atoms. The molecule has 0 aliphatic heterocycles. The first-order chi connectivity index (χ1) is 10.2. The summed E-state index contributed by atoms with van der Waals surface area (Å²) in [5.74, 6) is 7.40. The summed E-state index contributed by atoms with van der Waals surface area (Å²) in [6, 6.07) is 0. The highest BCUT2D eigenvalue weighted by molar-refractivity contribution is 5.19. The highest BCUT2D eigenvalue weighted by Gasteiger charge is 2.29. The highest BCUT2D eigenvalue weighted by atomic mass is 16.5. The van der Waals surface area contributed by atoms with Crippen LogP contribution in [-0.4, -0.2) is 48.8 Å². The molecule has 0 amide bonds. The molecule has 0 bridgehead atoms. The zero-order valence-corrected chi connectivity index (χ0v) is 15.1. The molecule has 0 aromatic heterocycles. The molecule has 0 rings (SSSR count). The Morgan fingerprint density at radius 3 is 1.73 bits per heavy atom. The summed E-state index contributed by atoms with van der Waals surface area (Å²) in [6.45, 7) is 13.7. The van der Waals surface area contributed by atoms with Gasteiger partial charge in [0.1, 0.15) is 5.60 Å². The van der Waals surface area contributed by atoms with Gasteiger partial charge in [-0.15, -0.1) is 0 Å². The number of rotatable bonds is 10. The van der Waals surface area contributed by atoms with Crippen molar-refractivity contribution in [2.24, 2.45) is 17.3 Å². The summed E-state index contributed by atoms with van der Waals surface area (Å²) >= 11 is 0. The van der Waals surface area contributed by atoms with Gasteiger partial charge in [0.25, 0.3) is 0 Å². The number of ether oxygens (including phenoxy) is 2. The maximum atomic E-state index is 9.01. The maximum Gasteiger partial charge on any atom is 0.126 e. The van der Waals surface area contributed by atoms with E-state index < -0.39 is 5.60 Å². The third-order valence-electron chi connectivity index (χ3n) is 3.83. The van der Waals surface area contributed by atoms with Crippen molar-refractivity contribution in [2.75, 3.05) is 33.0 Å². The predicted molar refractivity (Wildman–Crippen MR) is 116 cm³/mol. The second-order valence-corrected chi connectivity index (χ2v) is 7.00. The van der Waals surface area contributed by atoms with Crippen LogP contribution in [-0.2, 0) is 9.47 Å². The zero-order valence-electron chi connectivity index (χ0n) is 15.1. The Balaban J connectivity index is -0.000000367. The van der Waals surface area contributed by atoms with E-state index in [-0.39, 0.29) is 54.9 Å². The van der Waals surface area contributed by atoms with Crippen molar-refractivity contribution in [3.05, 3.63) is 0 Å². The molecule has 0 saturated heterocycles. The smallest absolute Gasteiger partial charge is 0.126 e. The Hall–Kier alpha value is -0.600. The lowest BCUT2D eigenvalue weighted by Crippen LogP contribution is -2.33. The van der Waals surface area contributed by atoms with E-state index in [1.54, 1.807) is 0 Å². The van der Waals surface area contributed by atoms with Gasteiger partial charge in [-0.05, 0) is 32.1 Å². The molecule has 0 spiro atoms. The predicted octanol–water partition coefficient (Wildman–Crippen LogP) is 5.02. The van der Waals surface area contributed by atoms with E-state index in [9.17, 15) is 0 Å². The molecule has 0 radical (unpaired) electrons. The first kappa shape index (κ1) is 36.3. The van der Waals surface area contributed by atoms with Crippen molar-refractivity contribution < 1.29 is 19.7 Å². The van der Waals surface area contributed by atoms with Crippen LogP contribution in [0.5, 0.6) is 0 Å². The molecule has 0 aromatic carbocycles. The minimum Gasteiger partial charge on any atom is -0.394 e. The fourth-order valence-corrected chi connectivity index (χ4v) is 2.17. The molecule has 2 atom stereocenters. The molecule has 162 valence electrons. The zero-order chi connectivity index (χ0) is 17.2. The second-order valence-electron chi connectivity index (χ2n) is 7.00. The van der Waals surface area contributed by atoms with Gasteiger partial charge in [0.2, 0.25) is 0 Å². The van der Waals surface area contributed by atoms with Crippen molar-refractivity contribution in [2.45, 2.75) is 83.3 Å². The number of aliphatic hydroxyl groups is 2. The molecular formula is C22H50O4. The van der Waals surface area contributed by atoms with Crippen molar-refractivity contribution in [3.63, 3.8) is 0 Å². The van der Waals surface area contributed by atoms with E-state index in [0.717, 1.165) is 6.42 Å². The Morgan fingerprint density at radius 2 is 1.35 bits per heavy atom. The normalized spacial score (nSPS) is 14.4. The molecule has 4 nitrogen and oxygen atoms in total. The summed E-state index contributed by atoms with van der Waals surface area (Å²) in [5.41, 5.74) is -0.861. The van der Waals surface area contributed by atoms with Crippen LogP contribution in [0, 0.1) is 29.1 Å². The third-order valence-corrected chi connectivity index (χ3v) is 3.83. The molecule has 0 aliphatic rings. The first-order valence-corrected chi connectivity index (χ1v) is 8.17. The van der Waals surface area contributed by atoms with Gasteiger partial charge in [0.05, 0.1) is 38.4 Å². The van der Waals surface area contributed by atoms with Gasteiger partial charge in [-0.1, -0.05) is 69.2 Å². The van der Waals surface area contributed by atoms with Crippen molar-refractivity contribution in [1.82, 2.24) is 0 Å². The Labute approximate surface area is 165 Å². The lowest BCUT2D eigenvalue weighted by atomic mass is 9.79. The molecule has 0 saturated carbocycles. The molecule has 0 fully saturated rings. The molecule has 4 heteroatoms. The fourth-order valence-electron chi connectivity index (χ4n) is 2.17. The van der Waals surface area contributed by atoms with Gasteiger partial charge in [-0.2, -0.15) is 0 Å². The van der Waals surface area contributed by atoms with Gasteiger partial charge in [0.15, 0.2) is 0 Å². The van der Waals surface area contributed by atoms with Crippen molar-refractivity contribution >= 4 is 0 Å². The van der Waals surface area contributed by atoms with E-state index >= 15 is 0 Å². The van der Waals surface area contributed by atoms with E-state index in [2.05, 4.69) is 46.5 Å². The average molecular weight is 379 g/mol. The van der Waals surface area contributed by atoms with Crippen LogP contribution in [0.15, 0.2) is 0 Å². The third kappa shape index (κ3) is 14.6. The van der Waals surface area contributed by atoms with Crippen LogP contribution < -0.4 is 0 Å². The Morgan fingerprint density at radius 1 is 0.846 bits per heavy atom. The van der Waals surface area contributed by atoms with Gasteiger partial charge in [0, 0.05) is 0 Å². The maximum absolute atomic E-state index is 9.01. The van der Waals surface area contributed by atoms with Gasteiger partial charge < -0.3 is 19.7 Å². The summed E-state index contributed by atoms with van der Waals surface area (Å²) in [7, 11) is 0. The molecule has 2 unspecified atom stereocenters. The lowest BCUT2D eigenvalue weighted by molar-refractivity contribution is -0.0186. The van der Waals surface area contributed by atoms with E-state index in [0.29, 0.717) is 25.0 Å². The molecular weight excluding hydrogens is 328 g/mol. The van der Waals surface area contributed by atoms with Crippen LogP contribution in [0.1, 0.15) is 77.7 Å². The summed E-state index contributed by atoms with van der Waals surface area (Å²) in [6.07, 6.45) is 0.811. The lowest BCUT2D eigenvalue weighted by Gasteiger charge is -2.30. The van der Waals surface area contributed by atoms with Crippen LogP contribution in [0.2, 0.25) is 0 Å². The largest absolute Gasteiger partial charge is 0.394 e. The van der Waals surface area contributed by atoms with Crippen LogP contribution >= 0.6 is 0 Å². The number of hydrogen-bond donors (Lipinski definition) is 2. The van der Waals surface area contributed by atoms with Gasteiger partial charge in [-0.3, -0.25) is 0 Å². The standard InChI is InChI=1S/C18H34O4.4CH4/c1-15(2)13-18(6,22-12-10-20)8-7-17(5,16(3)4)14-21-11-9-19;;;;/h15-16,19-20H,9-14H2,1-6H3;4*1H4. The monoisotopic (exact) mass is 378 g/mol. The topological polar surface area (TPSA) is 58.9 Å². The minimum absolute atomic E-state index is 0. The highest BCUT2D eigenvalue weighted by Crippen LogP contribution is 2.28. The summed E-state index contributed by atoms with van der Waals surface area (Å²) < 4.78 is 11.3. The van der Waals surface area contributed by atoms with Gasteiger partial charge >= 0.3 is 0 Å². The van der Waals surface area contributed by atoms with E-state index in [1.165, 1.54) is 0 Å². The summed E-state index contributed by atoms with van der Waals surface area (Å²) in [4.78, 5) is 0. The van der Waals surface area contributed by atoms with E-state index in [4.69, 9.17) is 19.7 Å². The Bertz CT molecular complexity index is 357. The molecule has 0 aromatic rings. The quantitative estimate of drug-likeness (QED) is 0.414. The summed E-state index contributed by atoms with van der Waals surface area (Å²) in [5, 5.41) is 17.9. The van der Waals surface area contributed by atoms with Crippen molar-refractivity contribution in [1.29, 1.82) is 0 Å². The molecule has 2 N–H and O–H groups in total.